The van der Waals surface area contributed by atoms with Crippen LogP contribution in [0.15, 0.2) is 27.3 Å². The Balaban J connectivity index is 2.28. The molecule has 0 fully saturated rings. The Labute approximate surface area is 135 Å². The molecule has 0 aliphatic carbocycles. The summed E-state index contributed by atoms with van der Waals surface area (Å²) in [6.07, 6.45) is 2.51. The predicted molar refractivity (Wildman–Crippen MR) is 86.0 cm³/mol. The standard InChI is InChI=1S/C13H17Br2N5/c1-3-20-10(4-8(2)19-20)6-12(18-16)13-11(15)5-9(14)7-17-13/h4-5,7,12,18H,3,6,16H2,1-2H3. The van der Waals surface area contributed by atoms with Crippen LogP contribution in [0.25, 0.3) is 0 Å². The molecule has 0 aromatic carbocycles. The van der Waals surface area contributed by atoms with Crippen molar-refractivity contribution >= 4 is 31.9 Å². The summed E-state index contributed by atoms with van der Waals surface area (Å²) in [5.41, 5.74) is 5.88. The number of halogens is 2. The molecule has 0 spiro atoms. The first-order valence-corrected chi connectivity index (χ1v) is 7.94. The quantitative estimate of drug-likeness (QED) is 0.595. The van der Waals surface area contributed by atoms with Crippen molar-refractivity contribution in [3.63, 3.8) is 0 Å². The van der Waals surface area contributed by atoms with Crippen LogP contribution in [-0.2, 0) is 13.0 Å². The van der Waals surface area contributed by atoms with Gasteiger partial charge in [0.05, 0.1) is 17.4 Å². The van der Waals surface area contributed by atoms with Crippen LogP contribution in [0.2, 0.25) is 0 Å². The first kappa shape index (κ1) is 15.6. The molecule has 1 unspecified atom stereocenters. The van der Waals surface area contributed by atoms with E-state index in [1.165, 1.54) is 0 Å². The van der Waals surface area contributed by atoms with E-state index in [4.69, 9.17) is 5.84 Å². The monoisotopic (exact) mass is 401 g/mol. The van der Waals surface area contributed by atoms with Gasteiger partial charge in [-0.05, 0) is 57.8 Å². The van der Waals surface area contributed by atoms with Gasteiger partial charge in [0, 0.05) is 33.8 Å². The van der Waals surface area contributed by atoms with Crippen molar-refractivity contribution in [1.29, 1.82) is 0 Å². The molecule has 1 atom stereocenters. The van der Waals surface area contributed by atoms with E-state index in [0.717, 1.165) is 39.0 Å². The zero-order valence-electron chi connectivity index (χ0n) is 11.4. The summed E-state index contributed by atoms with van der Waals surface area (Å²) in [6, 6.07) is 3.98. The van der Waals surface area contributed by atoms with Crippen molar-refractivity contribution in [3.8, 4) is 0 Å². The molecular weight excluding hydrogens is 386 g/mol. The molecule has 0 aliphatic rings. The predicted octanol–water partition coefficient (Wildman–Crippen LogP) is 2.88. The summed E-state index contributed by atoms with van der Waals surface area (Å²) >= 11 is 6.93. The minimum atomic E-state index is -0.0705. The highest BCUT2D eigenvalue weighted by atomic mass is 79.9. The van der Waals surface area contributed by atoms with E-state index in [1.54, 1.807) is 6.20 Å². The smallest absolute Gasteiger partial charge is 0.0733 e. The number of nitrogens with one attached hydrogen (secondary N) is 1. The Morgan fingerprint density at radius 2 is 2.15 bits per heavy atom. The van der Waals surface area contributed by atoms with Crippen LogP contribution < -0.4 is 11.3 Å². The second-order valence-corrected chi connectivity index (χ2v) is 6.31. The third-order valence-corrected chi connectivity index (χ3v) is 4.13. The van der Waals surface area contributed by atoms with Crippen LogP contribution in [0.1, 0.15) is 30.0 Å². The third kappa shape index (κ3) is 3.46. The van der Waals surface area contributed by atoms with Gasteiger partial charge in [0.15, 0.2) is 0 Å². The first-order chi connectivity index (χ1) is 9.55. The lowest BCUT2D eigenvalue weighted by atomic mass is 10.1. The van der Waals surface area contributed by atoms with Crippen molar-refractivity contribution in [1.82, 2.24) is 20.2 Å². The minimum Gasteiger partial charge on any atom is -0.271 e. The topological polar surface area (TPSA) is 68.8 Å². The average molecular weight is 403 g/mol. The molecule has 0 saturated carbocycles. The van der Waals surface area contributed by atoms with Crippen molar-refractivity contribution in [2.45, 2.75) is 32.9 Å². The van der Waals surface area contributed by atoms with E-state index in [9.17, 15) is 0 Å². The van der Waals surface area contributed by atoms with Gasteiger partial charge in [0.25, 0.3) is 0 Å². The minimum absolute atomic E-state index is 0.0705. The van der Waals surface area contributed by atoms with Crippen LogP contribution in [0, 0.1) is 6.92 Å². The van der Waals surface area contributed by atoms with E-state index in [2.05, 4.69) is 60.4 Å². The molecule has 108 valence electrons. The molecule has 0 radical (unpaired) electrons. The number of hydrogen-bond donors (Lipinski definition) is 2. The highest BCUT2D eigenvalue weighted by molar-refractivity contribution is 9.11. The lowest BCUT2D eigenvalue weighted by Crippen LogP contribution is -2.31. The fraction of sp³-hybridized carbons (Fsp3) is 0.385. The maximum Gasteiger partial charge on any atom is 0.0733 e. The average Bonchev–Trinajstić information content (AvgIpc) is 2.76. The van der Waals surface area contributed by atoms with Gasteiger partial charge in [-0.2, -0.15) is 5.10 Å². The molecular formula is C13H17Br2N5. The van der Waals surface area contributed by atoms with E-state index in [1.807, 2.05) is 17.7 Å². The number of aryl methyl sites for hydroxylation is 2. The molecule has 20 heavy (non-hydrogen) atoms. The Bertz CT molecular complexity index is 596. The molecule has 0 amide bonds. The molecule has 0 aliphatic heterocycles. The number of nitrogens with two attached hydrogens (primary N) is 1. The van der Waals surface area contributed by atoms with Gasteiger partial charge in [-0.3, -0.25) is 20.9 Å². The zero-order valence-corrected chi connectivity index (χ0v) is 14.6. The summed E-state index contributed by atoms with van der Waals surface area (Å²) in [5.74, 6) is 5.71. The second-order valence-electron chi connectivity index (χ2n) is 4.54. The van der Waals surface area contributed by atoms with Gasteiger partial charge < -0.3 is 0 Å². The highest BCUT2D eigenvalue weighted by Gasteiger charge is 2.18. The lowest BCUT2D eigenvalue weighted by Gasteiger charge is -2.17. The van der Waals surface area contributed by atoms with Gasteiger partial charge >= 0.3 is 0 Å². The van der Waals surface area contributed by atoms with Crippen LogP contribution >= 0.6 is 31.9 Å². The molecule has 0 saturated heterocycles. The molecule has 5 nitrogen and oxygen atoms in total. The number of rotatable bonds is 5. The summed E-state index contributed by atoms with van der Waals surface area (Å²) < 4.78 is 3.85. The number of hydrogen-bond acceptors (Lipinski definition) is 4. The SMILES string of the molecule is CCn1nc(C)cc1CC(NN)c1ncc(Br)cc1Br. The summed E-state index contributed by atoms with van der Waals surface area (Å²) in [4.78, 5) is 4.44. The summed E-state index contributed by atoms with van der Waals surface area (Å²) in [7, 11) is 0. The molecule has 2 rings (SSSR count). The Morgan fingerprint density at radius 1 is 1.40 bits per heavy atom. The number of aromatic nitrogens is 3. The van der Waals surface area contributed by atoms with Gasteiger partial charge in [-0.25, -0.2) is 0 Å². The van der Waals surface area contributed by atoms with Crippen molar-refractivity contribution < 1.29 is 0 Å². The van der Waals surface area contributed by atoms with Crippen LogP contribution in [0.3, 0.4) is 0 Å². The molecule has 2 aromatic heterocycles. The van der Waals surface area contributed by atoms with Crippen LogP contribution in [-0.4, -0.2) is 14.8 Å². The number of nitrogens with zero attached hydrogens (tertiary/aromatic N) is 3. The Hall–Kier alpha value is -0.760. The van der Waals surface area contributed by atoms with Crippen molar-refractivity contribution in [2.24, 2.45) is 5.84 Å². The molecule has 0 bridgehead atoms. The van der Waals surface area contributed by atoms with Crippen molar-refractivity contribution in [2.75, 3.05) is 0 Å². The Morgan fingerprint density at radius 3 is 2.75 bits per heavy atom. The molecule has 7 heteroatoms. The lowest BCUT2D eigenvalue weighted by molar-refractivity contribution is 0.505. The van der Waals surface area contributed by atoms with E-state index >= 15 is 0 Å². The molecule has 2 aromatic rings. The molecule has 3 N–H and O–H groups in total. The highest BCUT2D eigenvalue weighted by Crippen LogP contribution is 2.26. The van der Waals surface area contributed by atoms with Crippen LogP contribution in [0.5, 0.6) is 0 Å². The van der Waals surface area contributed by atoms with Gasteiger partial charge in [-0.15, -0.1) is 0 Å². The molecule has 2 heterocycles. The van der Waals surface area contributed by atoms with Gasteiger partial charge in [-0.1, -0.05) is 0 Å². The second kappa shape index (κ2) is 6.80. The van der Waals surface area contributed by atoms with Crippen molar-refractivity contribution in [3.05, 3.63) is 44.4 Å². The summed E-state index contributed by atoms with van der Waals surface area (Å²) in [6.45, 7) is 4.92. The number of pyridine rings is 1. The fourth-order valence-electron chi connectivity index (χ4n) is 2.16. The first-order valence-electron chi connectivity index (χ1n) is 6.35. The zero-order chi connectivity index (χ0) is 14.7. The van der Waals surface area contributed by atoms with Crippen LogP contribution in [0.4, 0.5) is 0 Å². The largest absolute Gasteiger partial charge is 0.271 e. The van der Waals surface area contributed by atoms with E-state index in [-0.39, 0.29) is 6.04 Å². The Kier molecular flexibility index (Phi) is 5.31. The van der Waals surface area contributed by atoms with E-state index in [0.29, 0.717) is 0 Å². The third-order valence-electron chi connectivity index (χ3n) is 3.07. The van der Waals surface area contributed by atoms with Gasteiger partial charge in [0.1, 0.15) is 0 Å². The fourth-order valence-corrected chi connectivity index (χ4v) is 3.43. The van der Waals surface area contributed by atoms with Gasteiger partial charge in [0.2, 0.25) is 0 Å². The maximum absolute atomic E-state index is 5.71. The summed E-state index contributed by atoms with van der Waals surface area (Å²) in [5, 5.41) is 4.46. The number of hydrazine groups is 1. The van der Waals surface area contributed by atoms with E-state index < -0.39 is 0 Å². The normalized spacial score (nSPS) is 12.7. The maximum atomic E-state index is 5.71.